The number of hydrogen-bond acceptors (Lipinski definition) is 4. The molecule has 2 aliphatic heterocycles. The summed E-state index contributed by atoms with van der Waals surface area (Å²) in [5.41, 5.74) is -0.583. The molecule has 3 rings (SSSR count). The number of nitriles is 1. The highest BCUT2D eigenvalue weighted by Gasteiger charge is 2.50. The van der Waals surface area contributed by atoms with Crippen molar-refractivity contribution in [2.24, 2.45) is 5.92 Å². The minimum absolute atomic E-state index is 0.0655. The predicted octanol–water partition coefficient (Wildman–Crippen LogP) is 3.07. The van der Waals surface area contributed by atoms with Crippen LogP contribution in [0.4, 0.5) is 4.79 Å². The molecule has 138 valence electrons. The van der Waals surface area contributed by atoms with Gasteiger partial charge in [0.15, 0.2) is 0 Å². The summed E-state index contributed by atoms with van der Waals surface area (Å²) in [5.74, 6) is 0.308. The highest BCUT2D eigenvalue weighted by Crippen LogP contribution is 2.41. The summed E-state index contributed by atoms with van der Waals surface area (Å²) in [6.45, 7) is 6.16. The van der Waals surface area contributed by atoms with Crippen LogP contribution in [0.5, 0.6) is 0 Å². The topological polar surface area (TPSA) is 73.6 Å². The SMILES string of the molecule is CC(C)(C)OC(=O)N1[C@H](C(=O)N2CCC[C@H]2C#N)C[C@@H]2CCCC[C@@H]21. The molecule has 0 unspecified atom stereocenters. The van der Waals surface area contributed by atoms with E-state index in [1.165, 1.54) is 0 Å². The Balaban J connectivity index is 1.83. The van der Waals surface area contributed by atoms with E-state index in [1.54, 1.807) is 9.80 Å². The normalized spacial score (nSPS) is 32.2. The Morgan fingerprint density at radius 1 is 1.12 bits per heavy atom. The second-order valence-electron chi connectivity index (χ2n) is 8.57. The van der Waals surface area contributed by atoms with Crippen LogP contribution < -0.4 is 0 Å². The Morgan fingerprint density at radius 3 is 2.52 bits per heavy atom. The van der Waals surface area contributed by atoms with Crippen molar-refractivity contribution >= 4 is 12.0 Å². The number of hydrogen-bond donors (Lipinski definition) is 0. The standard InChI is InChI=1S/C19H29N3O3/c1-19(2,3)25-18(24)22-15-9-5-4-7-13(15)11-16(22)17(23)21-10-6-8-14(21)12-20/h13-16H,4-11H2,1-3H3/t13-,14-,15-,16-/m0/s1. The zero-order valence-corrected chi connectivity index (χ0v) is 15.5. The molecule has 0 bridgehead atoms. The van der Waals surface area contributed by atoms with E-state index in [9.17, 15) is 14.9 Å². The summed E-state index contributed by atoms with van der Waals surface area (Å²) >= 11 is 0. The molecule has 1 saturated carbocycles. The van der Waals surface area contributed by atoms with Crippen LogP contribution in [0.1, 0.15) is 65.7 Å². The number of amides is 2. The first-order valence-corrected chi connectivity index (χ1v) is 9.53. The minimum Gasteiger partial charge on any atom is -0.444 e. The van der Waals surface area contributed by atoms with Crippen molar-refractivity contribution in [2.75, 3.05) is 6.54 Å². The van der Waals surface area contributed by atoms with Gasteiger partial charge in [-0.15, -0.1) is 0 Å². The van der Waals surface area contributed by atoms with E-state index >= 15 is 0 Å². The van der Waals surface area contributed by atoms with Crippen molar-refractivity contribution in [1.29, 1.82) is 5.26 Å². The molecule has 1 aliphatic carbocycles. The van der Waals surface area contributed by atoms with E-state index in [0.29, 0.717) is 18.9 Å². The summed E-state index contributed by atoms with van der Waals surface area (Å²) in [5, 5.41) is 9.31. The van der Waals surface area contributed by atoms with Gasteiger partial charge in [-0.1, -0.05) is 12.8 Å². The lowest BCUT2D eigenvalue weighted by molar-refractivity contribution is -0.136. The van der Waals surface area contributed by atoms with E-state index in [0.717, 1.165) is 38.5 Å². The summed E-state index contributed by atoms with van der Waals surface area (Å²) in [6.07, 6.45) is 6.17. The first-order valence-electron chi connectivity index (χ1n) is 9.53. The molecule has 3 fully saturated rings. The Kier molecular flexibility index (Phi) is 4.95. The van der Waals surface area contributed by atoms with Gasteiger partial charge in [-0.05, 0) is 58.8 Å². The highest BCUT2D eigenvalue weighted by atomic mass is 16.6. The molecular formula is C19H29N3O3. The van der Waals surface area contributed by atoms with Gasteiger partial charge in [0.1, 0.15) is 17.7 Å². The Hall–Kier alpha value is -1.77. The number of fused-ring (bicyclic) bond motifs is 1. The molecule has 2 heterocycles. The first kappa shape index (κ1) is 18.0. The van der Waals surface area contributed by atoms with E-state index in [-0.39, 0.29) is 24.1 Å². The van der Waals surface area contributed by atoms with Gasteiger partial charge in [0.25, 0.3) is 0 Å². The van der Waals surface area contributed by atoms with Gasteiger partial charge in [-0.25, -0.2) is 4.79 Å². The van der Waals surface area contributed by atoms with Crippen LogP contribution in [0.3, 0.4) is 0 Å². The van der Waals surface area contributed by atoms with Crippen LogP contribution in [0.2, 0.25) is 0 Å². The van der Waals surface area contributed by atoms with Gasteiger partial charge in [0.2, 0.25) is 5.91 Å². The maximum absolute atomic E-state index is 13.2. The fourth-order valence-corrected chi connectivity index (χ4v) is 4.61. The number of likely N-dealkylation sites (tertiary alicyclic amines) is 2. The minimum atomic E-state index is -0.583. The average molecular weight is 347 g/mol. The van der Waals surface area contributed by atoms with Crippen molar-refractivity contribution in [2.45, 2.75) is 89.4 Å². The monoisotopic (exact) mass is 347 g/mol. The molecule has 25 heavy (non-hydrogen) atoms. The maximum Gasteiger partial charge on any atom is 0.411 e. The van der Waals surface area contributed by atoms with Crippen molar-refractivity contribution in [3.63, 3.8) is 0 Å². The van der Waals surface area contributed by atoms with Gasteiger partial charge >= 0.3 is 6.09 Å². The van der Waals surface area contributed by atoms with Crippen LogP contribution >= 0.6 is 0 Å². The number of rotatable bonds is 1. The van der Waals surface area contributed by atoms with Crippen LogP contribution in [0, 0.1) is 17.2 Å². The van der Waals surface area contributed by atoms with Crippen LogP contribution in [0.15, 0.2) is 0 Å². The third-order valence-electron chi connectivity index (χ3n) is 5.66. The molecule has 0 radical (unpaired) electrons. The summed E-state index contributed by atoms with van der Waals surface area (Å²) in [7, 11) is 0. The molecule has 0 spiro atoms. The maximum atomic E-state index is 13.2. The molecule has 2 saturated heterocycles. The number of nitrogens with zero attached hydrogens (tertiary/aromatic N) is 3. The average Bonchev–Trinajstić information content (AvgIpc) is 3.16. The highest BCUT2D eigenvalue weighted by molar-refractivity contribution is 5.87. The summed E-state index contributed by atoms with van der Waals surface area (Å²) in [4.78, 5) is 29.4. The van der Waals surface area contributed by atoms with Crippen molar-refractivity contribution in [3.8, 4) is 6.07 Å². The van der Waals surface area contributed by atoms with Gasteiger partial charge in [-0.2, -0.15) is 5.26 Å². The molecule has 4 atom stereocenters. The Bertz CT molecular complexity index is 577. The zero-order valence-electron chi connectivity index (χ0n) is 15.5. The number of carbonyl (C=O) groups is 2. The predicted molar refractivity (Wildman–Crippen MR) is 92.6 cm³/mol. The lowest BCUT2D eigenvalue weighted by Gasteiger charge is -2.36. The van der Waals surface area contributed by atoms with E-state index in [4.69, 9.17) is 4.74 Å². The van der Waals surface area contributed by atoms with Crippen molar-refractivity contribution in [1.82, 2.24) is 9.80 Å². The van der Waals surface area contributed by atoms with Crippen LogP contribution in [-0.4, -0.2) is 52.1 Å². The van der Waals surface area contributed by atoms with E-state index in [1.807, 2.05) is 20.8 Å². The summed E-state index contributed by atoms with van der Waals surface area (Å²) < 4.78 is 5.62. The third-order valence-corrected chi connectivity index (χ3v) is 5.66. The molecule has 3 aliphatic rings. The van der Waals surface area contributed by atoms with E-state index in [2.05, 4.69) is 6.07 Å². The third kappa shape index (κ3) is 3.61. The quantitative estimate of drug-likeness (QED) is 0.731. The Morgan fingerprint density at radius 2 is 1.84 bits per heavy atom. The molecule has 6 nitrogen and oxygen atoms in total. The van der Waals surface area contributed by atoms with E-state index < -0.39 is 11.6 Å². The van der Waals surface area contributed by atoms with Crippen molar-refractivity contribution < 1.29 is 14.3 Å². The first-order chi connectivity index (χ1) is 11.8. The van der Waals surface area contributed by atoms with Gasteiger partial charge < -0.3 is 9.64 Å². The summed E-state index contributed by atoms with van der Waals surface area (Å²) in [6, 6.07) is 1.51. The number of ether oxygens (including phenoxy) is 1. The smallest absolute Gasteiger partial charge is 0.411 e. The lowest BCUT2D eigenvalue weighted by Crippen LogP contribution is -2.52. The zero-order chi connectivity index (χ0) is 18.2. The number of carbonyl (C=O) groups excluding carboxylic acids is 2. The van der Waals surface area contributed by atoms with Gasteiger partial charge in [-0.3, -0.25) is 9.69 Å². The van der Waals surface area contributed by atoms with Gasteiger partial charge in [0, 0.05) is 12.6 Å². The molecule has 2 amide bonds. The lowest BCUT2D eigenvalue weighted by atomic mass is 9.85. The van der Waals surface area contributed by atoms with Crippen LogP contribution in [-0.2, 0) is 9.53 Å². The molecular weight excluding hydrogens is 318 g/mol. The largest absolute Gasteiger partial charge is 0.444 e. The molecule has 0 N–H and O–H groups in total. The molecule has 0 aromatic heterocycles. The fourth-order valence-electron chi connectivity index (χ4n) is 4.61. The molecule has 0 aromatic carbocycles. The molecule has 0 aromatic rings. The fraction of sp³-hybridized carbons (Fsp3) is 0.842. The second kappa shape index (κ2) is 6.86. The van der Waals surface area contributed by atoms with Crippen molar-refractivity contribution in [3.05, 3.63) is 0 Å². The second-order valence-corrected chi connectivity index (χ2v) is 8.57. The van der Waals surface area contributed by atoms with Crippen LogP contribution in [0.25, 0.3) is 0 Å². The Labute approximate surface area is 150 Å². The molecule has 6 heteroatoms. The van der Waals surface area contributed by atoms with Gasteiger partial charge in [0.05, 0.1) is 6.07 Å².